The molecule has 0 aliphatic carbocycles. The van der Waals surface area contributed by atoms with Crippen molar-refractivity contribution in [2.24, 2.45) is 0 Å². The molecular weight excluding hydrogens is 263 g/mol. The van der Waals surface area contributed by atoms with Crippen LogP contribution in [0.25, 0.3) is 0 Å². The van der Waals surface area contributed by atoms with Gasteiger partial charge in [-0.1, -0.05) is 0 Å². The van der Waals surface area contributed by atoms with E-state index in [-0.39, 0.29) is 5.69 Å². The topological polar surface area (TPSA) is 70.2 Å². The maximum atomic E-state index is 13.3. The molecule has 3 N–H and O–H groups in total. The third-order valence-corrected chi connectivity index (χ3v) is 2.24. The Morgan fingerprint density at radius 2 is 1.68 bits per heavy atom. The number of nitrogens with one attached hydrogen (secondary N) is 3. The number of hydrogen-bond donors (Lipinski definition) is 3. The molecule has 0 heterocycles. The molecule has 3 amide bonds. The van der Waals surface area contributed by atoms with Gasteiger partial charge in [0, 0.05) is 19.2 Å². The zero-order valence-corrected chi connectivity index (χ0v) is 10.2. The summed E-state index contributed by atoms with van der Waals surface area (Å²) in [6.07, 6.45) is 0. The average molecular weight is 275 g/mol. The van der Waals surface area contributed by atoms with E-state index in [0.717, 1.165) is 0 Å². The smallest absolute Gasteiger partial charge is 0.321 e. The Morgan fingerprint density at radius 3 is 2.26 bits per heavy atom. The molecule has 8 heteroatoms. The Morgan fingerprint density at radius 1 is 1.11 bits per heavy atom. The summed E-state index contributed by atoms with van der Waals surface area (Å²) in [6.45, 7) is 1.33. The molecule has 1 rings (SSSR count). The van der Waals surface area contributed by atoms with Crippen molar-refractivity contribution in [1.82, 2.24) is 10.6 Å². The second kappa shape index (κ2) is 6.07. The fourth-order valence-corrected chi connectivity index (χ4v) is 1.21. The van der Waals surface area contributed by atoms with Gasteiger partial charge in [0.15, 0.2) is 11.6 Å². The van der Waals surface area contributed by atoms with Crippen molar-refractivity contribution in [1.29, 1.82) is 0 Å². The SMILES string of the molecule is CNC(=O)NC(=O)C(C)Nc1cc(F)c(F)cc1F. The van der Waals surface area contributed by atoms with Gasteiger partial charge in [-0.15, -0.1) is 0 Å². The van der Waals surface area contributed by atoms with Gasteiger partial charge >= 0.3 is 6.03 Å². The summed E-state index contributed by atoms with van der Waals surface area (Å²) in [5.74, 6) is -4.37. The molecule has 5 nitrogen and oxygen atoms in total. The highest BCUT2D eigenvalue weighted by atomic mass is 19.2. The first-order valence-corrected chi connectivity index (χ1v) is 5.28. The number of amides is 3. The molecule has 0 aliphatic heterocycles. The molecule has 1 aromatic carbocycles. The quantitative estimate of drug-likeness (QED) is 0.729. The molecule has 0 fully saturated rings. The number of hydrogen-bond acceptors (Lipinski definition) is 3. The summed E-state index contributed by atoms with van der Waals surface area (Å²) < 4.78 is 38.9. The van der Waals surface area contributed by atoms with Crippen LogP contribution < -0.4 is 16.0 Å². The highest BCUT2D eigenvalue weighted by Gasteiger charge is 2.18. The number of carbonyl (C=O) groups excluding carboxylic acids is 2. The maximum absolute atomic E-state index is 13.3. The van der Waals surface area contributed by atoms with Crippen molar-refractivity contribution >= 4 is 17.6 Å². The van der Waals surface area contributed by atoms with Crippen molar-refractivity contribution in [3.05, 3.63) is 29.6 Å². The van der Waals surface area contributed by atoms with E-state index in [9.17, 15) is 22.8 Å². The lowest BCUT2D eigenvalue weighted by molar-refractivity contribution is -0.120. The molecule has 0 saturated heterocycles. The van der Waals surface area contributed by atoms with Crippen LogP contribution in [0.15, 0.2) is 12.1 Å². The molecule has 0 radical (unpaired) electrons. The third-order valence-electron chi connectivity index (χ3n) is 2.24. The van der Waals surface area contributed by atoms with Crippen LogP contribution in [0.4, 0.5) is 23.7 Å². The number of benzene rings is 1. The minimum Gasteiger partial charge on any atom is -0.371 e. The van der Waals surface area contributed by atoms with Crippen molar-refractivity contribution in [2.75, 3.05) is 12.4 Å². The van der Waals surface area contributed by atoms with E-state index in [1.165, 1.54) is 14.0 Å². The van der Waals surface area contributed by atoms with Crippen LogP contribution in [0, 0.1) is 17.5 Å². The lowest BCUT2D eigenvalue weighted by Gasteiger charge is -2.15. The molecule has 0 bridgehead atoms. The van der Waals surface area contributed by atoms with Crippen LogP contribution in [0.5, 0.6) is 0 Å². The summed E-state index contributed by atoms with van der Waals surface area (Å²) in [5.41, 5.74) is -0.376. The van der Waals surface area contributed by atoms with E-state index in [0.29, 0.717) is 12.1 Å². The van der Waals surface area contributed by atoms with Gasteiger partial charge in [0.1, 0.15) is 11.9 Å². The number of carbonyl (C=O) groups is 2. The van der Waals surface area contributed by atoms with E-state index in [2.05, 4.69) is 10.6 Å². The van der Waals surface area contributed by atoms with Crippen molar-refractivity contribution in [2.45, 2.75) is 13.0 Å². The third kappa shape index (κ3) is 3.87. The lowest BCUT2D eigenvalue weighted by Crippen LogP contribution is -2.44. The zero-order chi connectivity index (χ0) is 14.6. The van der Waals surface area contributed by atoms with Crippen LogP contribution in [-0.2, 0) is 4.79 Å². The fourth-order valence-electron chi connectivity index (χ4n) is 1.21. The predicted octanol–water partition coefficient (Wildman–Crippen LogP) is 1.36. The van der Waals surface area contributed by atoms with Crippen molar-refractivity contribution in [3.63, 3.8) is 0 Å². The maximum Gasteiger partial charge on any atom is 0.321 e. The van der Waals surface area contributed by atoms with Gasteiger partial charge < -0.3 is 10.6 Å². The summed E-state index contributed by atoms with van der Waals surface area (Å²) in [6, 6.07) is -0.795. The highest BCUT2D eigenvalue weighted by molar-refractivity contribution is 5.97. The first-order valence-electron chi connectivity index (χ1n) is 5.28. The fraction of sp³-hybridized carbons (Fsp3) is 0.273. The van der Waals surface area contributed by atoms with Gasteiger partial charge in [-0.3, -0.25) is 10.1 Å². The highest BCUT2D eigenvalue weighted by Crippen LogP contribution is 2.19. The molecule has 0 spiro atoms. The Balaban J connectivity index is 2.77. The predicted molar refractivity (Wildman–Crippen MR) is 62.0 cm³/mol. The number of imide groups is 1. The molecule has 104 valence electrons. The van der Waals surface area contributed by atoms with Gasteiger partial charge in [-0.2, -0.15) is 0 Å². The molecule has 1 unspecified atom stereocenters. The Hall–Kier alpha value is -2.25. The van der Waals surface area contributed by atoms with Crippen LogP contribution >= 0.6 is 0 Å². The molecule has 0 aliphatic rings. The Labute approximate surface area is 107 Å². The monoisotopic (exact) mass is 275 g/mol. The molecule has 1 atom stereocenters. The standard InChI is InChI=1S/C11H12F3N3O2/c1-5(10(18)17-11(19)15-2)16-9-4-7(13)6(12)3-8(9)14/h3-5,16H,1-2H3,(H2,15,17,18,19). The van der Waals surface area contributed by atoms with Crippen LogP contribution in [0.3, 0.4) is 0 Å². The number of rotatable bonds is 3. The van der Waals surface area contributed by atoms with E-state index in [4.69, 9.17) is 0 Å². The van der Waals surface area contributed by atoms with Gasteiger partial charge in [-0.25, -0.2) is 18.0 Å². The lowest BCUT2D eigenvalue weighted by atomic mass is 10.2. The zero-order valence-electron chi connectivity index (χ0n) is 10.2. The van der Waals surface area contributed by atoms with Gasteiger partial charge in [0.25, 0.3) is 0 Å². The average Bonchev–Trinajstić information content (AvgIpc) is 2.35. The van der Waals surface area contributed by atoms with Crippen molar-refractivity contribution < 1.29 is 22.8 Å². The first kappa shape index (κ1) is 14.8. The Kier molecular flexibility index (Phi) is 4.74. The largest absolute Gasteiger partial charge is 0.371 e. The molecule has 0 saturated carbocycles. The van der Waals surface area contributed by atoms with E-state index < -0.39 is 35.4 Å². The van der Waals surface area contributed by atoms with Gasteiger partial charge in [0.05, 0.1) is 5.69 Å². The summed E-state index contributed by atoms with van der Waals surface area (Å²) in [4.78, 5) is 22.3. The number of urea groups is 1. The minimum atomic E-state index is -1.33. The van der Waals surface area contributed by atoms with Gasteiger partial charge in [0.2, 0.25) is 5.91 Å². The summed E-state index contributed by atoms with van der Waals surface area (Å²) >= 11 is 0. The normalized spacial score (nSPS) is 11.6. The molecule has 0 aromatic heterocycles. The Bertz CT molecular complexity index is 508. The van der Waals surface area contributed by atoms with E-state index in [1.807, 2.05) is 5.32 Å². The van der Waals surface area contributed by atoms with Crippen LogP contribution in [0.2, 0.25) is 0 Å². The minimum absolute atomic E-state index is 0.362. The van der Waals surface area contributed by atoms with Crippen LogP contribution in [0.1, 0.15) is 6.92 Å². The second-order valence-corrected chi connectivity index (χ2v) is 3.68. The number of anilines is 1. The van der Waals surface area contributed by atoms with Gasteiger partial charge in [-0.05, 0) is 6.92 Å². The van der Waals surface area contributed by atoms with Crippen molar-refractivity contribution in [3.8, 4) is 0 Å². The first-order chi connectivity index (χ1) is 8.85. The molecular formula is C11H12F3N3O2. The van der Waals surface area contributed by atoms with E-state index in [1.54, 1.807) is 0 Å². The number of halogens is 3. The van der Waals surface area contributed by atoms with Crippen LogP contribution in [-0.4, -0.2) is 25.0 Å². The summed E-state index contributed by atoms with van der Waals surface area (Å²) in [5, 5.41) is 6.45. The van der Waals surface area contributed by atoms with E-state index >= 15 is 0 Å². The second-order valence-electron chi connectivity index (χ2n) is 3.68. The summed E-state index contributed by atoms with van der Waals surface area (Å²) in [7, 11) is 1.32. The molecule has 19 heavy (non-hydrogen) atoms. The molecule has 1 aromatic rings.